The first kappa shape index (κ1) is 9.96. The van der Waals surface area contributed by atoms with Crippen LogP contribution in [0.5, 0.6) is 0 Å². The number of hydrogen-bond acceptors (Lipinski definition) is 3. The Labute approximate surface area is 74.4 Å². The lowest BCUT2D eigenvalue weighted by atomic mass is 9.97. The summed E-state index contributed by atoms with van der Waals surface area (Å²) >= 11 is 0. The second-order valence-electron chi connectivity index (χ2n) is 3.29. The summed E-state index contributed by atoms with van der Waals surface area (Å²) in [6.45, 7) is 7.47. The maximum absolute atomic E-state index is 5.55. The van der Waals surface area contributed by atoms with Gasteiger partial charge >= 0.3 is 0 Å². The fourth-order valence-corrected chi connectivity index (χ4v) is 1.40. The normalized spacial score (nSPS) is 30.5. The van der Waals surface area contributed by atoms with E-state index in [4.69, 9.17) is 9.47 Å². The SMILES string of the molecule is CCOCOC1CNCCC1C. The Morgan fingerprint density at radius 3 is 3.00 bits per heavy atom. The van der Waals surface area contributed by atoms with Crippen molar-refractivity contribution in [2.75, 3.05) is 26.5 Å². The van der Waals surface area contributed by atoms with Crippen LogP contribution in [0.2, 0.25) is 0 Å². The van der Waals surface area contributed by atoms with Crippen molar-refractivity contribution in [1.29, 1.82) is 0 Å². The molecule has 1 rings (SSSR count). The van der Waals surface area contributed by atoms with E-state index in [1.165, 1.54) is 6.42 Å². The van der Waals surface area contributed by atoms with Crippen molar-refractivity contribution in [2.24, 2.45) is 5.92 Å². The van der Waals surface area contributed by atoms with Crippen LogP contribution in [-0.2, 0) is 9.47 Å². The van der Waals surface area contributed by atoms with E-state index in [1.807, 2.05) is 6.92 Å². The molecule has 2 atom stereocenters. The van der Waals surface area contributed by atoms with Gasteiger partial charge in [-0.05, 0) is 25.8 Å². The Balaban J connectivity index is 2.11. The summed E-state index contributed by atoms with van der Waals surface area (Å²) in [5.41, 5.74) is 0. The quantitative estimate of drug-likeness (QED) is 0.508. The predicted octanol–water partition coefficient (Wildman–Crippen LogP) is 0.995. The molecule has 1 heterocycles. The van der Waals surface area contributed by atoms with Crippen LogP contribution < -0.4 is 5.32 Å². The molecular formula is C9H19NO2. The third kappa shape index (κ3) is 3.09. The van der Waals surface area contributed by atoms with Crippen molar-refractivity contribution in [1.82, 2.24) is 5.32 Å². The number of piperidine rings is 1. The van der Waals surface area contributed by atoms with Gasteiger partial charge in [0.1, 0.15) is 6.79 Å². The summed E-state index contributed by atoms with van der Waals surface area (Å²) in [7, 11) is 0. The van der Waals surface area contributed by atoms with E-state index >= 15 is 0 Å². The second kappa shape index (κ2) is 5.51. The minimum Gasteiger partial charge on any atom is -0.356 e. The lowest BCUT2D eigenvalue weighted by molar-refractivity contribution is -0.106. The Bertz CT molecular complexity index is 119. The molecular weight excluding hydrogens is 154 g/mol. The van der Waals surface area contributed by atoms with Gasteiger partial charge in [-0.15, -0.1) is 0 Å². The fraction of sp³-hybridized carbons (Fsp3) is 1.00. The van der Waals surface area contributed by atoms with Crippen LogP contribution in [0.15, 0.2) is 0 Å². The highest BCUT2D eigenvalue weighted by Gasteiger charge is 2.21. The molecule has 12 heavy (non-hydrogen) atoms. The summed E-state index contributed by atoms with van der Waals surface area (Å²) in [6, 6.07) is 0. The molecule has 0 bridgehead atoms. The molecule has 0 amide bonds. The van der Waals surface area contributed by atoms with Crippen LogP contribution in [0.4, 0.5) is 0 Å². The maximum Gasteiger partial charge on any atom is 0.147 e. The first-order valence-corrected chi connectivity index (χ1v) is 4.74. The van der Waals surface area contributed by atoms with Gasteiger partial charge in [0.2, 0.25) is 0 Å². The summed E-state index contributed by atoms with van der Waals surface area (Å²) in [5.74, 6) is 0.659. The highest BCUT2D eigenvalue weighted by Crippen LogP contribution is 2.14. The fourth-order valence-electron chi connectivity index (χ4n) is 1.40. The standard InChI is InChI=1S/C9H19NO2/c1-3-11-7-12-9-6-10-5-4-8(9)2/h8-10H,3-7H2,1-2H3. The zero-order valence-corrected chi connectivity index (χ0v) is 8.01. The van der Waals surface area contributed by atoms with Crippen molar-refractivity contribution in [3.63, 3.8) is 0 Å². The maximum atomic E-state index is 5.55. The molecule has 1 aliphatic heterocycles. The van der Waals surface area contributed by atoms with Crippen molar-refractivity contribution >= 4 is 0 Å². The molecule has 3 heteroatoms. The lowest BCUT2D eigenvalue weighted by Crippen LogP contribution is -2.41. The third-order valence-corrected chi connectivity index (χ3v) is 2.33. The van der Waals surface area contributed by atoms with Crippen LogP contribution in [0.3, 0.4) is 0 Å². The molecule has 1 N–H and O–H groups in total. The smallest absolute Gasteiger partial charge is 0.147 e. The van der Waals surface area contributed by atoms with Gasteiger partial charge in [-0.3, -0.25) is 0 Å². The van der Waals surface area contributed by atoms with E-state index in [0.717, 1.165) is 19.7 Å². The Kier molecular flexibility index (Phi) is 4.58. The molecule has 0 spiro atoms. The number of nitrogens with one attached hydrogen (secondary N) is 1. The van der Waals surface area contributed by atoms with E-state index in [-0.39, 0.29) is 0 Å². The van der Waals surface area contributed by atoms with Crippen LogP contribution >= 0.6 is 0 Å². The summed E-state index contributed by atoms with van der Waals surface area (Å²) in [4.78, 5) is 0. The molecule has 2 unspecified atom stereocenters. The Morgan fingerprint density at radius 1 is 1.50 bits per heavy atom. The van der Waals surface area contributed by atoms with Gasteiger partial charge in [0.25, 0.3) is 0 Å². The molecule has 1 fully saturated rings. The number of ether oxygens (including phenoxy) is 2. The van der Waals surface area contributed by atoms with Gasteiger partial charge < -0.3 is 14.8 Å². The van der Waals surface area contributed by atoms with E-state index in [9.17, 15) is 0 Å². The lowest BCUT2D eigenvalue weighted by Gasteiger charge is -2.29. The number of hydrogen-bond donors (Lipinski definition) is 1. The summed E-state index contributed by atoms with van der Waals surface area (Å²) < 4.78 is 10.7. The van der Waals surface area contributed by atoms with E-state index in [2.05, 4.69) is 12.2 Å². The topological polar surface area (TPSA) is 30.5 Å². The molecule has 1 aliphatic rings. The molecule has 0 saturated carbocycles. The molecule has 3 nitrogen and oxygen atoms in total. The van der Waals surface area contributed by atoms with Gasteiger partial charge in [-0.1, -0.05) is 6.92 Å². The van der Waals surface area contributed by atoms with Gasteiger partial charge in [0.05, 0.1) is 6.10 Å². The van der Waals surface area contributed by atoms with Gasteiger partial charge in [0.15, 0.2) is 0 Å². The van der Waals surface area contributed by atoms with Crippen molar-refractivity contribution in [3.8, 4) is 0 Å². The average molecular weight is 173 g/mol. The zero-order valence-electron chi connectivity index (χ0n) is 8.01. The highest BCUT2D eigenvalue weighted by molar-refractivity contribution is 4.74. The minimum atomic E-state index is 0.338. The highest BCUT2D eigenvalue weighted by atomic mass is 16.7. The molecule has 0 radical (unpaired) electrons. The van der Waals surface area contributed by atoms with Crippen molar-refractivity contribution in [2.45, 2.75) is 26.4 Å². The summed E-state index contributed by atoms with van der Waals surface area (Å²) in [5, 5.41) is 3.31. The van der Waals surface area contributed by atoms with Crippen LogP contribution in [0.25, 0.3) is 0 Å². The summed E-state index contributed by atoms with van der Waals surface area (Å²) in [6.07, 6.45) is 1.54. The van der Waals surface area contributed by atoms with Gasteiger partial charge in [-0.25, -0.2) is 0 Å². The largest absolute Gasteiger partial charge is 0.356 e. The van der Waals surface area contributed by atoms with E-state index < -0.39 is 0 Å². The van der Waals surface area contributed by atoms with Crippen LogP contribution in [0.1, 0.15) is 20.3 Å². The monoisotopic (exact) mass is 173 g/mol. The predicted molar refractivity (Wildman–Crippen MR) is 48.0 cm³/mol. The minimum absolute atomic E-state index is 0.338. The van der Waals surface area contributed by atoms with Gasteiger partial charge in [-0.2, -0.15) is 0 Å². The zero-order chi connectivity index (χ0) is 8.81. The van der Waals surface area contributed by atoms with Crippen molar-refractivity contribution in [3.05, 3.63) is 0 Å². The Morgan fingerprint density at radius 2 is 2.33 bits per heavy atom. The van der Waals surface area contributed by atoms with E-state index in [1.54, 1.807) is 0 Å². The van der Waals surface area contributed by atoms with Gasteiger partial charge in [0, 0.05) is 13.2 Å². The molecule has 0 aromatic rings. The van der Waals surface area contributed by atoms with E-state index in [0.29, 0.717) is 18.8 Å². The van der Waals surface area contributed by atoms with Crippen molar-refractivity contribution < 1.29 is 9.47 Å². The molecule has 0 aromatic carbocycles. The molecule has 1 saturated heterocycles. The average Bonchev–Trinajstić information content (AvgIpc) is 2.09. The second-order valence-corrected chi connectivity index (χ2v) is 3.29. The third-order valence-electron chi connectivity index (χ3n) is 2.33. The molecule has 0 aromatic heterocycles. The van der Waals surface area contributed by atoms with Crippen LogP contribution in [0, 0.1) is 5.92 Å². The van der Waals surface area contributed by atoms with Crippen LogP contribution in [-0.4, -0.2) is 32.6 Å². The number of rotatable bonds is 4. The first-order valence-electron chi connectivity index (χ1n) is 4.74. The first-order chi connectivity index (χ1) is 5.84. The molecule has 0 aliphatic carbocycles. The Hall–Kier alpha value is -0.120. The molecule has 72 valence electrons.